The van der Waals surface area contributed by atoms with E-state index < -0.39 is 6.10 Å². The Morgan fingerprint density at radius 2 is 1.76 bits per heavy atom. The van der Waals surface area contributed by atoms with E-state index in [2.05, 4.69) is 26.1 Å². The highest BCUT2D eigenvalue weighted by molar-refractivity contribution is 4.70. The predicted octanol–water partition coefficient (Wildman–Crippen LogP) is 1.42. The second kappa shape index (κ2) is 11.0. The van der Waals surface area contributed by atoms with Crippen molar-refractivity contribution in [3.05, 3.63) is 0 Å². The quantitative estimate of drug-likeness (QED) is 0.542. The zero-order chi connectivity index (χ0) is 13.1. The Morgan fingerprint density at radius 3 is 2.29 bits per heavy atom. The van der Waals surface area contributed by atoms with Crippen molar-refractivity contribution in [2.45, 2.75) is 46.3 Å². The van der Waals surface area contributed by atoms with Crippen molar-refractivity contribution in [1.82, 2.24) is 5.32 Å². The van der Waals surface area contributed by atoms with Gasteiger partial charge in [-0.05, 0) is 19.3 Å². The molecule has 0 amide bonds. The molecule has 0 aliphatic carbocycles. The van der Waals surface area contributed by atoms with Gasteiger partial charge in [0.25, 0.3) is 0 Å². The molecule has 0 radical (unpaired) electrons. The summed E-state index contributed by atoms with van der Waals surface area (Å²) in [5.41, 5.74) is 0. The summed E-state index contributed by atoms with van der Waals surface area (Å²) in [6.07, 6.45) is 0.639. The van der Waals surface area contributed by atoms with Crippen LogP contribution in [-0.4, -0.2) is 50.2 Å². The summed E-state index contributed by atoms with van der Waals surface area (Å²) in [4.78, 5) is 0. The second-order valence-electron chi connectivity index (χ2n) is 4.59. The van der Waals surface area contributed by atoms with Crippen LogP contribution in [0, 0.1) is 5.92 Å². The molecule has 17 heavy (non-hydrogen) atoms. The normalized spacial score (nSPS) is 15.2. The van der Waals surface area contributed by atoms with Crippen LogP contribution < -0.4 is 5.32 Å². The lowest BCUT2D eigenvalue weighted by Gasteiger charge is -2.22. The Labute approximate surface area is 106 Å². The second-order valence-corrected chi connectivity index (χ2v) is 4.59. The first-order chi connectivity index (χ1) is 8.11. The highest BCUT2D eigenvalue weighted by Crippen LogP contribution is 2.04. The van der Waals surface area contributed by atoms with Crippen LogP contribution in [-0.2, 0) is 9.47 Å². The topological polar surface area (TPSA) is 50.7 Å². The first-order valence-electron chi connectivity index (χ1n) is 6.68. The van der Waals surface area contributed by atoms with Crippen LogP contribution in [0.15, 0.2) is 0 Å². The molecule has 0 saturated carbocycles. The Bertz CT molecular complexity index is 165. The van der Waals surface area contributed by atoms with Gasteiger partial charge in [0.1, 0.15) is 0 Å². The highest BCUT2D eigenvalue weighted by atomic mass is 16.5. The number of hydrogen-bond acceptors (Lipinski definition) is 4. The molecule has 2 atom stereocenters. The van der Waals surface area contributed by atoms with Gasteiger partial charge < -0.3 is 19.9 Å². The summed E-state index contributed by atoms with van der Waals surface area (Å²) >= 11 is 0. The van der Waals surface area contributed by atoms with E-state index in [0.29, 0.717) is 44.9 Å². The molecule has 4 heteroatoms. The average molecular weight is 247 g/mol. The maximum atomic E-state index is 9.70. The number of aliphatic hydroxyl groups is 1. The summed E-state index contributed by atoms with van der Waals surface area (Å²) in [7, 11) is 0. The smallest absolute Gasteiger partial charge is 0.0897 e. The SMILES string of the molecule is CCOCCOCC(O)CNC(CC)C(C)C. The van der Waals surface area contributed by atoms with Gasteiger partial charge in [-0.25, -0.2) is 0 Å². The van der Waals surface area contributed by atoms with E-state index >= 15 is 0 Å². The van der Waals surface area contributed by atoms with E-state index in [0.717, 1.165) is 6.42 Å². The molecule has 2 unspecified atom stereocenters. The Hall–Kier alpha value is -0.160. The zero-order valence-corrected chi connectivity index (χ0v) is 11.7. The Kier molecular flexibility index (Phi) is 10.9. The van der Waals surface area contributed by atoms with Gasteiger partial charge in [-0.2, -0.15) is 0 Å². The van der Waals surface area contributed by atoms with Crippen LogP contribution >= 0.6 is 0 Å². The van der Waals surface area contributed by atoms with Crippen molar-refractivity contribution in [2.24, 2.45) is 5.92 Å². The summed E-state index contributed by atoms with van der Waals surface area (Å²) in [5.74, 6) is 0.589. The summed E-state index contributed by atoms with van der Waals surface area (Å²) in [6.45, 7) is 11.3. The molecule has 0 heterocycles. The maximum absolute atomic E-state index is 9.70. The molecule has 0 aromatic heterocycles. The van der Waals surface area contributed by atoms with Crippen LogP contribution in [0.1, 0.15) is 34.1 Å². The van der Waals surface area contributed by atoms with Crippen LogP contribution in [0.2, 0.25) is 0 Å². The zero-order valence-electron chi connectivity index (χ0n) is 11.7. The van der Waals surface area contributed by atoms with Gasteiger partial charge >= 0.3 is 0 Å². The van der Waals surface area contributed by atoms with Crippen LogP contribution in [0.3, 0.4) is 0 Å². The molecule has 0 saturated heterocycles. The van der Waals surface area contributed by atoms with Crippen LogP contribution in [0.4, 0.5) is 0 Å². The van der Waals surface area contributed by atoms with Crippen molar-refractivity contribution < 1.29 is 14.6 Å². The highest BCUT2D eigenvalue weighted by Gasteiger charge is 2.12. The fourth-order valence-electron chi connectivity index (χ4n) is 1.68. The monoisotopic (exact) mass is 247 g/mol. The standard InChI is InChI=1S/C13H29NO3/c1-5-13(11(3)4)14-9-12(15)10-17-8-7-16-6-2/h11-15H,5-10H2,1-4H3. The minimum absolute atomic E-state index is 0.370. The molecule has 104 valence electrons. The molecule has 0 spiro atoms. The lowest BCUT2D eigenvalue weighted by atomic mass is 10.0. The van der Waals surface area contributed by atoms with Crippen molar-refractivity contribution in [3.63, 3.8) is 0 Å². The van der Waals surface area contributed by atoms with Gasteiger partial charge in [0.05, 0.1) is 25.9 Å². The summed E-state index contributed by atoms with van der Waals surface area (Å²) < 4.78 is 10.4. The minimum Gasteiger partial charge on any atom is -0.389 e. The third-order valence-corrected chi connectivity index (χ3v) is 2.75. The fourth-order valence-corrected chi connectivity index (χ4v) is 1.68. The first-order valence-corrected chi connectivity index (χ1v) is 6.68. The largest absolute Gasteiger partial charge is 0.389 e. The molecule has 0 aliphatic heterocycles. The number of rotatable bonds is 11. The lowest BCUT2D eigenvalue weighted by molar-refractivity contribution is 0.00527. The number of aliphatic hydroxyl groups excluding tert-OH is 1. The molecule has 0 fully saturated rings. The van der Waals surface area contributed by atoms with E-state index in [1.807, 2.05) is 6.92 Å². The third-order valence-electron chi connectivity index (χ3n) is 2.75. The van der Waals surface area contributed by atoms with Gasteiger partial charge in [0, 0.05) is 19.2 Å². The Morgan fingerprint density at radius 1 is 1.12 bits per heavy atom. The maximum Gasteiger partial charge on any atom is 0.0897 e. The third kappa shape index (κ3) is 9.53. The van der Waals surface area contributed by atoms with Crippen molar-refractivity contribution in [1.29, 1.82) is 0 Å². The summed E-state index contributed by atoms with van der Waals surface area (Å²) in [6, 6.07) is 0.466. The molecule has 2 N–H and O–H groups in total. The fraction of sp³-hybridized carbons (Fsp3) is 1.00. The van der Waals surface area contributed by atoms with E-state index in [1.54, 1.807) is 0 Å². The van der Waals surface area contributed by atoms with Gasteiger partial charge in [-0.3, -0.25) is 0 Å². The van der Waals surface area contributed by atoms with Gasteiger partial charge in [0.2, 0.25) is 0 Å². The molecule has 4 nitrogen and oxygen atoms in total. The predicted molar refractivity (Wildman–Crippen MR) is 70.2 cm³/mol. The molecule has 0 bridgehead atoms. The Balaban J connectivity index is 3.48. The van der Waals surface area contributed by atoms with Crippen LogP contribution in [0.5, 0.6) is 0 Å². The molecule has 0 aromatic carbocycles. The number of ether oxygens (including phenoxy) is 2. The molecule has 0 aliphatic rings. The first kappa shape index (κ1) is 16.8. The minimum atomic E-state index is -0.440. The molecular weight excluding hydrogens is 218 g/mol. The molecule has 0 rings (SSSR count). The van der Waals surface area contributed by atoms with E-state index in [-0.39, 0.29) is 0 Å². The molecular formula is C13H29NO3. The van der Waals surface area contributed by atoms with Crippen LogP contribution in [0.25, 0.3) is 0 Å². The van der Waals surface area contributed by atoms with E-state index in [4.69, 9.17) is 9.47 Å². The summed E-state index contributed by atoms with van der Waals surface area (Å²) in [5, 5.41) is 13.1. The number of hydrogen-bond donors (Lipinski definition) is 2. The van der Waals surface area contributed by atoms with Crippen molar-refractivity contribution in [2.75, 3.05) is 33.0 Å². The van der Waals surface area contributed by atoms with Crippen molar-refractivity contribution >= 4 is 0 Å². The van der Waals surface area contributed by atoms with E-state index in [1.165, 1.54) is 0 Å². The van der Waals surface area contributed by atoms with Crippen molar-refractivity contribution in [3.8, 4) is 0 Å². The average Bonchev–Trinajstić information content (AvgIpc) is 2.29. The van der Waals surface area contributed by atoms with Gasteiger partial charge in [-0.1, -0.05) is 20.8 Å². The van der Waals surface area contributed by atoms with E-state index in [9.17, 15) is 5.11 Å². The van der Waals surface area contributed by atoms with Gasteiger partial charge in [0.15, 0.2) is 0 Å². The molecule has 0 aromatic rings. The number of nitrogens with one attached hydrogen (secondary N) is 1. The lowest BCUT2D eigenvalue weighted by Crippen LogP contribution is -2.40. The van der Waals surface area contributed by atoms with Gasteiger partial charge in [-0.15, -0.1) is 0 Å².